The zero-order valence-corrected chi connectivity index (χ0v) is 21.1. The predicted octanol–water partition coefficient (Wildman–Crippen LogP) is 3.66. The Morgan fingerprint density at radius 2 is 1.93 bits per heavy atom. The fraction of sp³-hybridized carbons (Fsp3) is 0.737. The first-order chi connectivity index (χ1) is 12.8. The number of hydrogen-bond acceptors (Lipinski definition) is 5. The highest BCUT2D eigenvalue weighted by molar-refractivity contribution is 14.0. The molecular weight excluding hydrogens is 509 g/mol. The molecule has 0 radical (unpaired) electrons. The van der Waals surface area contributed by atoms with E-state index in [1.165, 1.54) is 37.0 Å². The summed E-state index contributed by atoms with van der Waals surface area (Å²) in [6, 6.07) is 3.25. The number of sulfone groups is 1. The van der Waals surface area contributed by atoms with Gasteiger partial charge in [-0.25, -0.2) is 8.42 Å². The highest BCUT2D eigenvalue weighted by atomic mass is 127. The van der Waals surface area contributed by atoms with Gasteiger partial charge in [0.1, 0.15) is 4.21 Å². The van der Waals surface area contributed by atoms with Gasteiger partial charge in [0, 0.05) is 13.1 Å². The molecular formula is C19H36IN3O3S2. The third-order valence-electron chi connectivity index (χ3n) is 4.02. The minimum absolute atomic E-state index is 0. The van der Waals surface area contributed by atoms with Crippen LogP contribution in [0.5, 0.6) is 0 Å². The predicted molar refractivity (Wildman–Crippen MR) is 130 cm³/mol. The first-order valence-electron chi connectivity index (χ1n) is 9.81. The van der Waals surface area contributed by atoms with E-state index in [1.807, 2.05) is 6.92 Å². The molecule has 0 aliphatic rings. The van der Waals surface area contributed by atoms with Gasteiger partial charge < -0.3 is 15.7 Å². The van der Waals surface area contributed by atoms with Crippen LogP contribution >= 0.6 is 35.3 Å². The molecule has 0 saturated heterocycles. The van der Waals surface area contributed by atoms with Crippen LogP contribution in [0.15, 0.2) is 26.7 Å². The first-order valence-corrected chi connectivity index (χ1v) is 12.3. The van der Waals surface area contributed by atoms with E-state index in [0.29, 0.717) is 12.5 Å². The number of aliphatic hydroxyl groups excluding tert-OH is 1. The standard InChI is InChI=1S/C19H35N3O3S2.HI/c1-4-20-19(21-12-8-6-5-7-10-16(2)3)22-14-17(23)15-27(24,25)18-11-9-13-26-18;/h9,11,13,16-17,23H,4-8,10,12,14-15H2,1-3H3,(H2,20,21,22);1H. The van der Waals surface area contributed by atoms with Crippen molar-refractivity contribution in [3.63, 3.8) is 0 Å². The summed E-state index contributed by atoms with van der Waals surface area (Å²) in [7, 11) is -3.45. The highest BCUT2D eigenvalue weighted by Gasteiger charge is 2.20. The quantitative estimate of drug-likeness (QED) is 0.152. The molecule has 1 aromatic rings. The fourth-order valence-corrected chi connectivity index (χ4v) is 5.07. The van der Waals surface area contributed by atoms with Crippen LogP contribution in [0, 0.1) is 5.92 Å². The topological polar surface area (TPSA) is 90.8 Å². The van der Waals surface area contributed by atoms with Gasteiger partial charge in [-0.1, -0.05) is 45.6 Å². The van der Waals surface area contributed by atoms with Crippen molar-refractivity contribution < 1.29 is 13.5 Å². The third-order valence-corrected chi connectivity index (χ3v) is 7.30. The summed E-state index contributed by atoms with van der Waals surface area (Å²) in [5.41, 5.74) is 0. The van der Waals surface area contributed by atoms with Crippen LogP contribution in [-0.4, -0.2) is 51.0 Å². The Morgan fingerprint density at radius 1 is 1.21 bits per heavy atom. The molecule has 0 bridgehead atoms. The second kappa shape index (κ2) is 15.4. The summed E-state index contributed by atoms with van der Waals surface area (Å²) in [5, 5.41) is 18.2. The Bertz CT molecular complexity index is 635. The Balaban J connectivity index is 0.00000729. The molecule has 1 atom stereocenters. The molecule has 1 rings (SSSR count). The van der Waals surface area contributed by atoms with Crippen molar-refractivity contribution in [3.8, 4) is 0 Å². The van der Waals surface area contributed by atoms with Gasteiger partial charge in [-0.2, -0.15) is 0 Å². The van der Waals surface area contributed by atoms with E-state index in [1.54, 1.807) is 17.5 Å². The molecule has 0 spiro atoms. The summed E-state index contributed by atoms with van der Waals surface area (Å²) < 4.78 is 24.7. The molecule has 0 aromatic carbocycles. The Labute approximate surface area is 191 Å². The number of aliphatic hydroxyl groups is 1. The lowest BCUT2D eigenvalue weighted by Crippen LogP contribution is -2.38. The van der Waals surface area contributed by atoms with Crippen LogP contribution in [0.2, 0.25) is 0 Å². The van der Waals surface area contributed by atoms with Gasteiger partial charge in [-0.15, -0.1) is 35.3 Å². The van der Waals surface area contributed by atoms with Crippen LogP contribution in [0.25, 0.3) is 0 Å². The molecule has 28 heavy (non-hydrogen) atoms. The van der Waals surface area contributed by atoms with E-state index in [-0.39, 0.29) is 40.5 Å². The maximum atomic E-state index is 12.2. The molecule has 0 aliphatic carbocycles. The van der Waals surface area contributed by atoms with Crippen molar-refractivity contribution >= 4 is 51.1 Å². The van der Waals surface area contributed by atoms with Gasteiger partial charge in [-0.05, 0) is 30.7 Å². The van der Waals surface area contributed by atoms with Crippen molar-refractivity contribution in [1.29, 1.82) is 0 Å². The lowest BCUT2D eigenvalue weighted by Gasteiger charge is -2.13. The van der Waals surface area contributed by atoms with E-state index in [9.17, 15) is 13.5 Å². The molecule has 0 fully saturated rings. The number of unbranched alkanes of at least 4 members (excludes halogenated alkanes) is 3. The minimum Gasteiger partial charge on any atom is -0.390 e. The van der Waals surface area contributed by atoms with Crippen LogP contribution in [-0.2, 0) is 9.84 Å². The number of guanidine groups is 1. The van der Waals surface area contributed by atoms with Gasteiger partial charge in [-0.3, -0.25) is 4.99 Å². The first kappa shape index (κ1) is 27.6. The summed E-state index contributed by atoms with van der Waals surface area (Å²) in [6.45, 7) is 8.05. The normalized spacial score (nSPS) is 13.2. The van der Waals surface area contributed by atoms with Crippen LogP contribution < -0.4 is 10.6 Å². The van der Waals surface area contributed by atoms with Gasteiger partial charge >= 0.3 is 0 Å². The Kier molecular flexibility index (Phi) is 15.2. The van der Waals surface area contributed by atoms with E-state index >= 15 is 0 Å². The maximum absolute atomic E-state index is 12.2. The second-order valence-corrected chi connectivity index (χ2v) is 10.3. The lowest BCUT2D eigenvalue weighted by atomic mass is 10.0. The van der Waals surface area contributed by atoms with E-state index in [4.69, 9.17) is 0 Å². The summed E-state index contributed by atoms with van der Waals surface area (Å²) in [4.78, 5) is 4.32. The number of rotatable bonds is 13. The van der Waals surface area contributed by atoms with Crippen molar-refractivity contribution in [2.75, 3.05) is 25.4 Å². The van der Waals surface area contributed by atoms with E-state index in [0.717, 1.165) is 18.9 Å². The summed E-state index contributed by atoms with van der Waals surface area (Å²) in [5.74, 6) is 1.07. The number of halogens is 1. The van der Waals surface area contributed by atoms with Crippen LogP contribution in [0.1, 0.15) is 52.9 Å². The molecule has 0 aliphatic heterocycles. The largest absolute Gasteiger partial charge is 0.390 e. The third kappa shape index (κ3) is 12.2. The molecule has 6 nitrogen and oxygen atoms in total. The molecule has 3 N–H and O–H groups in total. The van der Waals surface area contributed by atoms with Crippen molar-refractivity contribution in [2.24, 2.45) is 10.9 Å². The van der Waals surface area contributed by atoms with Gasteiger partial charge in [0.15, 0.2) is 15.8 Å². The monoisotopic (exact) mass is 545 g/mol. The molecule has 1 heterocycles. The smallest absolute Gasteiger partial charge is 0.191 e. The van der Waals surface area contributed by atoms with Gasteiger partial charge in [0.25, 0.3) is 0 Å². The zero-order valence-electron chi connectivity index (χ0n) is 17.2. The Hall–Kier alpha value is -0.390. The average Bonchev–Trinajstić information content (AvgIpc) is 3.13. The molecule has 1 unspecified atom stereocenters. The van der Waals surface area contributed by atoms with Crippen molar-refractivity contribution in [3.05, 3.63) is 17.5 Å². The lowest BCUT2D eigenvalue weighted by molar-refractivity contribution is 0.206. The second-order valence-electron chi connectivity index (χ2n) is 7.11. The molecule has 1 aromatic heterocycles. The molecule has 0 saturated carbocycles. The number of thiophene rings is 1. The van der Waals surface area contributed by atoms with E-state index in [2.05, 4.69) is 29.5 Å². The zero-order chi connectivity index (χ0) is 20.1. The summed E-state index contributed by atoms with van der Waals surface area (Å²) in [6.07, 6.45) is 5.02. The molecule has 0 amide bonds. The Morgan fingerprint density at radius 3 is 2.54 bits per heavy atom. The minimum atomic E-state index is -3.45. The molecule has 9 heteroatoms. The van der Waals surface area contributed by atoms with Crippen molar-refractivity contribution in [2.45, 2.75) is 63.2 Å². The number of nitrogens with one attached hydrogen (secondary N) is 2. The average molecular weight is 546 g/mol. The number of hydrogen-bond donors (Lipinski definition) is 3. The molecule has 164 valence electrons. The fourth-order valence-electron chi connectivity index (χ4n) is 2.60. The highest BCUT2D eigenvalue weighted by Crippen LogP contribution is 2.18. The van der Waals surface area contributed by atoms with Gasteiger partial charge in [0.2, 0.25) is 0 Å². The summed E-state index contributed by atoms with van der Waals surface area (Å²) >= 11 is 1.17. The SMILES string of the molecule is CCNC(=NCC(O)CS(=O)(=O)c1cccs1)NCCCCCCC(C)C.I. The number of nitrogens with zero attached hydrogens (tertiary/aromatic N) is 1. The maximum Gasteiger partial charge on any atom is 0.191 e. The van der Waals surface area contributed by atoms with Crippen LogP contribution in [0.4, 0.5) is 0 Å². The number of aliphatic imine (C=N–C) groups is 1. The van der Waals surface area contributed by atoms with Crippen molar-refractivity contribution in [1.82, 2.24) is 10.6 Å². The van der Waals surface area contributed by atoms with Gasteiger partial charge in [0.05, 0.1) is 18.4 Å². The van der Waals surface area contributed by atoms with E-state index < -0.39 is 15.9 Å². The van der Waals surface area contributed by atoms with Crippen LogP contribution in [0.3, 0.4) is 0 Å².